The van der Waals surface area contributed by atoms with Crippen molar-refractivity contribution in [3.63, 3.8) is 0 Å². The quantitative estimate of drug-likeness (QED) is 0.827. The summed E-state index contributed by atoms with van der Waals surface area (Å²) in [5.41, 5.74) is -0.285. The average molecular weight is 318 g/mol. The van der Waals surface area contributed by atoms with E-state index < -0.39 is 11.9 Å². The Hall–Kier alpha value is -1.82. The fraction of sp³-hybridized carbons (Fsp3) is 0.286. The van der Waals surface area contributed by atoms with Gasteiger partial charge in [0, 0.05) is 12.7 Å². The summed E-state index contributed by atoms with van der Waals surface area (Å²) in [4.78, 5) is 7.37. The van der Waals surface area contributed by atoms with Crippen LogP contribution in [0, 0.1) is 0 Å². The first-order valence-electron chi connectivity index (χ1n) is 6.34. The highest BCUT2D eigenvalue weighted by molar-refractivity contribution is 6.29. The van der Waals surface area contributed by atoms with E-state index in [0.29, 0.717) is 23.1 Å². The lowest BCUT2D eigenvalue weighted by Crippen LogP contribution is -2.08. The Labute approximate surface area is 126 Å². The van der Waals surface area contributed by atoms with Crippen LogP contribution in [0.1, 0.15) is 25.1 Å². The maximum Gasteiger partial charge on any atom is 0.433 e. The molecule has 2 aromatic heterocycles. The lowest BCUT2D eigenvalue weighted by Gasteiger charge is -2.08. The molecule has 0 saturated heterocycles. The molecule has 0 amide bonds. The van der Waals surface area contributed by atoms with E-state index in [1.807, 2.05) is 13.8 Å². The van der Waals surface area contributed by atoms with Gasteiger partial charge in [0.05, 0.1) is 0 Å². The molecule has 0 saturated carbocycles. The van der Waals surface area contributed by atoms with Crippen molar-refractivity contribution in [2.24, 2.45) is 0 Å². The van der Waals surface area contributed by atoms with E-state index >= 15 is 0 Å². The van der Waals surface area contributed by atoms with Gasteiger partial charge in [0.25, 0.3) is 0 Å². The van der Waals surface area contributed by atoms with Crippen LogP contribution in [0.2, 0.25) is 5.15 Å². The van der Waals surface area contributed by atoms with Gasteiger partial charge in [0.15, 0.2) is 0 Å². The molecule has 0 aromatic carbocycles. The zero-order valence-corrected chi connectivity index (χ0v) is 12.3. The standard InChI is InChI=1S/C12H9ClF3N3.C2H6/c13-10-2-1-3-11(19-10)18-7-8-4-5-9(17-6-8)12(14,15)16;1-2/h1-6H,7H2,(H,18,19);1-2H3. The third-order valence-corrected chi connectivity index (χ3v) is 2.51. The van der Waals surface area contributed by atoms with Gasteiger partial charge >= 0.3 is 6.18 Å². The van der Waals surface area contributed by atoms with E-state index in [1.165, 1.54) is 12.3 Å². The number of anilines is 1. The van der Waals surface area contributed by atoms with Crippen LogP contribution in [-0.2, 0) is 12.7 Å². The van der Waals surface area contributed by atoms with Crippen molar-refractivity contribution in [1.29, 1.82) is 0 Å². The molecule has 0 aliphatic carbocycles. The van der Waals surface area contributed by atoms with E-state index in [1.54, 1.807) is 18.2 Å². The van der Waals surface area contributed by atoms with Gasteiger partial charge in [0.2, 0.25) is 0 Å². The van der Waals surface area contributed by atoms with Gasteiger partial charge in [-0.15, -0.1) is 0 Å². The predicted molar refractivity (Wildman–Crippen MR) is 77.2 cm³/mol. The summed E-state index contributed by atoms with van der Waals surface area (Å²) in [7, 11) is 0. The van der Waals surface area contributed by atoms with Gasteiger partial charge < -0.3 is 5.32 Å². The van der Waals surface area contributed by atoms with Crippen molar-refractivity contribution in [3.05, 3.63) is 52.9 Å². The van der Waals surface area contributed by atoms with Crippen LogP contribution in [0.5, 0.6) is 0 Å². The number of hydrogen-bond donors (Lipinski definition) is 1. The van der Waals surface area contributed by atoms with Gasteiger partial charge in [-0.3, -0.25) is 4.98 Å². The molecular weight excluding hydrogens is 303 g/mol. The maximum absolute atomic E-state index is 12.3. The molecule has 0 fully saturated rings. The fourth-order valence-corrected chi connectivity index (χ4v) is 1.56. The first-order chi connectivity index (χ1) is 9.95. The Morgan fingerprint density at radius 3 is 2.38 bits per heavy atom. The fourth-order valence-electron chi connectivity index (χ4n) is 1.40. The minimum atomic E-state index is -4.42. The zero-order chi connectivity index (χ0) is 15.9. The lowest BCUT2D eigenvalue weighted by molar-refractivity contribution is -0.141. The number of nitrogens with one attached hydrogen (secondary N) is 1. The average Bonchev–Trinajstić information content (AvgIpc) is 2.47. The molecule has 0 atom stereocenters. The minimum Gasteiger partial charge on any atom is -0.366 e. The summed E-state index contributed by atoms with van der Waals surface area (Å²) in [6.07, 6.45) is -3.24. The normalized spacial score (nSPS) is 10.6. The topological polar surface area (TPSA) is 37.8 Å². The summed E-state index contributed by atoms with van der Waals surface area (Å²) < 4.78 is 36.9. The van der Waals surface area contributed by atoms with Crippen LogP contribution in [0.3, 0.4) is 0 Å². The van der Waals surface area contributed by atoms with Crippen molar-refractivity contribution in [2.45, 2.75) is 26.6 Å². The van der Waals surface area contributed by atoms with Gasteiger partial charge in [-0.1, -0.05) is 37.6 Å². The van der Waals surface area contributed by atoms with Crippen LogP contribution in [0.4, 0.5) is 19.0 Å². The van der Waals surface area contributed by atoms with E-state index in [0.717, 1.165) is 6.07 Å². The number of nitrogens with zero attached hydrogens (tertiary/aromatic N) is 2. The van der Waals surface area contributed by atoms with Gasteiger partial charge in [-0.25, -0.2) is 4.98 Å². The zero-order valence-electron chi connectivity index (χ0n) is 11.6. The Bertz CT molecular complexity index is 556. The highest BCUT2D eigenvalue weighted by Crippen LogP contribution is 2.27. The van der Waals surface area contributed by atoms with Crippen LogP contribution in [0.25, 0.3) is 0 Å². The predicted octanol–water partition coefficient (Wildman–Crippen LogP) is 4.79. The Kier molecular flexibility index (Phi) is 6.42. The van der Waals surface area contributed by atoms with Gasteiger partial charge in [-0.05, 0) is 23.8 Å². The first-order valence-corrected chi connectivity index (χ1v) is 6.71. The van der Waals surface area contributed by atoms with Gasteiger partial charge in [-0.2, -0.15) is 13.2 Å². The van der Waals surface area contributed by atoms with Crippen LogP contribution < -0.4 is 5.32 Å². The summed E-state index contributed by atoms with van der Waals surface area (Å²) in [5.74, 6) is 0.549. The lowest BCUT2D eigenvalue weighted by atomic mass is 10.2. The molecule has 2 heterocycles. The molecule has 3 nitrogen and oxygen atoms in total. The van der Waals surface area contributed by atoms with Crippen molar-refractivity contribution in [1.82, 2.24) is 9.97 Å². The monoisotopic (exact) mass is 317 g/mol. The molecule has 0 spiro atoms. The molecular formula is C14H15ClF3N3. The van der Waals surface area contributed by atoms with Crippen molar-refractivity contribution < 1.29 is 13.2 Å². The maximum atomic E-state index is 12.3. The summed E-state index contributed by atoms with van der Waals surface area (Å²) in [6.45, 7) is 4.32. The molecule has 0 aliphatic heterocycles. The van der Waals surface area contributed by atoms with Crippen molar-refractivity contribution in [3.8, 4) is 0 Å². The second-order valence-electron chi connectivity index (χ2n) is 3.75. The number of halogens is 4. The number of hydrogen-bond acceptors (Lipinski definition) is 3. The highest BCUT2D eigenvalue weighted by atomic mass is 35.5. The van der Waals surface area contributed by atoms with Gasteiger partial charge in [0.1, 0.15) is 16.7 Å². The molecule has 0 radical (unpaired) electrons. The first kappa shape index (κ1) is 17.2. The SMILES string of the molecule is CC.FC(F)(F)c1ccc(CNc2cccc(Cl)n2)cn1. The van der Waals surface area contributed by atoms with Crippen LogP contribution in [-0.4, -0.2) is 9.97 Å². The third-order valence-electron chi connectivity index (χ3n) is 2.30. The van der Waals surface area contributed by atoms with E-state index in [4.69, 9.17) is 11.6 Å². The molecule has 21 heavy (non-hydrogen) atoms. The largest absolute Gasteiger partial charge is 0.433 e. The molecule has 0 unspecified atom stereocenters. The van der Waals surface area contributed by atoms with E-state index in [2.05, 4.69) is 15.3 Å². The van der Waals surface area contributed by atoms with Crippen LogP contribution >= 0.6 is 11.6 Å². The van der Waals surface area contributed by atoms with E-state index in [9.17, 15) is 13.2 Å². The second kappa shape index (κ2) is 7.83. The molecule has 0 bridgehead atoms. The number of rotatable bonds is 3. The molecule has 2 aromatic rings. The molecule has 1 N–H and O–H groups in total. The summed E-state index contributed by atoms with van der Waals surface area (Å²) in [6, 6.07) is 7.38. The molecule has 0 aliphatic rings. The number of aromatic nitrogens is 2. The molecule has 7 heteroatoms. The second-order valence-corrected chi connectivity index (χ2v) is 4.14. The summed E-state index contributed by atoms with van der Waals surface area (Å²) >= 11 is 5.71. The Morgan fingerprint density at radius 2 is 1.86 bits per heavy atom. The Balaban J connectivity index is 0.00000106. The highest BCUT2D eigenvalue weighted by Gasteiger charge is 2.31. The minimum absolute atomic E-state index is 0.318. The summed E-state index contributed by atoms with van der Waals surface area (Å²) in [5, 5.41) is 3.29. The third kappa shape index (κ3) is 5.59. The molecule has 114 valence electrons. The number of alkyl halides is 3. The number of pyridine rings is 2. The molecule has 2 rings (SSSR count). The smallest absolute Gasteiger partial charge is 0.366 e. The van der Waals surface area contributed by atoms with E-state index in [-0.39, 0.29) is 0 Å². The Morgan fingerprint density at radius 1 is 1.14 bits per heavy atom. The van der Waals surface area contributed by atoms with Crippen LogP contribution in [0.15, 0.2) is 36.5 Å². The van der Waals surface area contributed by atoms with Crippen molar-refractivity contribution in [2.75, 3.05) is 5.32 Å². The van der Waals surface area contributed by atoms with Crippen molar-refractivity contribution >= 4 is 17.4 Å².